The summed E-state index contributed by atoms with van der Waals surface area (Å²) >= 11 is 0. The summed E-state index contributed by atoms with van der Waals surface area (Å²) in [5, 5.41) is 7.88. The second kappa shape index (κ2) is 4.64. The van der Waals surface area contributed by atoms with Gasteiger partial charge in [-0.05, 0) is 6.92 Å². The number of allylic oxidation sites excluding steroid dienone is 1. The fourth-order valence-corrected chi connectivity index (χ4v) is 0.457. The van der Waals surface area contributed by atoms with Crippen molar-refractivity contribution in [1.82, 2.24) is 0 Å². The molecule has 0 aliphatic rings. The molecule has 0 aromatic heterocycles. The molecule has 0 spiro atoms. The number of rotatable bonds is 5. The minimum atomic E-state index is -4.77. The number of carbonyl (C=O) groups is 2. The molecule has 0 aliphatic carbocycles. The van der Waals surface area contributed by atoms with Gasteiger partial charge in [-0.3, -0.25) is 4.79 Å². The first-order valence-corrected chi connectivity index (χ1v) is 3.47. The topological polar surface area (TPSA) is 63.6 Å². The van der Waals surface area contributed by atoms with E-state index in [1.54, 1.807) is 0 Å². The molecule has 0 saturated carbocycles. The van der Waals surface area contributed by atoms with Crippen LogP contribution in [0.4, 0.5) is 13.2 Å². The molecule has 0 aromatic carbocycles. The van der Waals surface area contributed by atoms with E-state index < -0.39 is 23.5 Å². The zero-order valence-corrected chi connectivity index (χ0v) is 7.09. The molecular formula is C7H7F3O4. The van der Waals surface area contributed by atoms with E-state index in [4.69, 9.17) is 5.11 Å². The molecule has 0 saturated heterocycles. The third-order valence-electron chi connectivity index (χ3n) is 1.12. The maximum atomic E-state index is 12.5. The number of ether oxygens (including phenoxy) is 1. The summed E-state index contributed by atoms with van der Waals surface area (Å²) in [6, 6.07) is 0. The Hall–Kier alpha value is -1.53. The first-order valence-electron chi connectivity index (χ1n) is 3.47. The molecule has 0 radical (unpaired) electrons. The van der Waals surface area contributed by atoms with Crippen LogP contribution >= 0.6 is 0 Å². The molecule has 0 amide bonds. The Bertz CT molecular complexity index is 272. The van der Waals surface area contributed by atoms with Gasteiger partial charge in [0.1, 0.15) is 6.26 Å². The summed E-state index contributed by atoms with van der Waals surface area (Å²) < 4.78 is 41.4. The standard InChI is InChI=1S/C7H7F3O4/c1-2-14-3-4(8)5(11)7(9,10)6(12)13/h3H,2H2,1H3,(H,12,13). The average Bonchev–Trinajstić information content (AvgIpc) is 2.12. The first kappa shape index (κ1) is 12.5. The number of carboxylic acid groups (broad SMARTS) is 1. The Morgan fingerprint density at radius 1 is 1.50 bits per heavy atom. The van der Waals surface area contributed by atoms with Crippen molar-refractivity contribution in [3.8, 4) is 0 Å². The molecule has 7 heteroatoms. The van der Waals surface area contributed by atoms with Gasteiger partial charge in [0.15, 0.2) is 0 Å². The molecule has 4 nitrogen and oxygen atoms in total. The molecular weight excluding hydrogens is 205 g/mol. The predicted molar refractivity (Wildman–Crippen MR) is 38.4 cm³/mol. The van der Waals surface area contributed by atoms with Gasteiger partial charge in [-0.25, -0.2) is 4.79 Å². The van der Waals surface area contributed by atoms with Gasteiger partial charge in [0, 0.05) is 0 Å². The SMILES string of the molecule is CCOC=C(F)C(=O)C(F)(F)C(=O)O. The van der Waals surface area contributed by atoms with Crippen LogP contribution in [0.25, 0.3) is 0 Å². The van der Waals surface area contributed by atoms with Crippen LogP contribution in [-0.4, -0.2) is 29.4 Å². The number of aliphatic carboxylic acids is 1. The van der Waals surface area contributed by atoms with Gasteiger partial charge in [0.25, 0.3) is 5.78 Å². The fourth-order valence-electron chi connectivity index (χ4n) is 0.457. The van der Waals surface area contributed by atoms with Crippen LogP contribution in [0.5, 0.6) is 0 Å². The molecule has 0 aromatic rings. The highest BCUT2D eigenvalue weighted by Crippen LogP contribution is 2.20. The second-order valence-corrected chi connectivity index (χ2v) is 2.13. The highest BCUT2D eigenvalue weighted by Gasteiger charge is 2.49. The maximum Gasteiger partial charge on any atom is 0.406 e. The van der Waals surface area contributed by atoms with Crippen LogP contribution in [0, 0.1) is 0 Å². The number of hydrogen-bond acceptors (Lipinski definition) is 3. The molecule has 0 aliphatic heterocycles. The monoisotopic (exact) mass is 212 g/mol. The van der Waals surface area contributed by atoms with E-state index in [2.05, 4.69) is 4.74 Å². The number of hydrogen-bond donors (Lipinski definition) is 1. The third-order valence-corrected chi connectivity index (χ3v) is 1.12. The van der Waals surface area contributed by atoms with Gasteiger partial charge >= 0.3 is 11.9 Å². The number of alkyl halides is 2. The van der Waals surface area contributed by atoms with E-state index in [1.165, 1.54) is 6.92 Å². The first-order chi connectivity index (χ1) is 6.34. The number of ketones is 1. The summed E-state index contributed by atoms with van der Waals surface area (Å²) in [5.74, 6) is -11.8. The lowest BCUT2D eigenvalue weighted by Gasteiger charge is -2.07. The Morgan fingerprint density at radius 2 is 2.00 bits per heavy atom. The van der Waals surface area contributed by atoms with Gasteiger partial charge < -0.3 is 9.84 Å². The lowest BCUT2D eigenvalue weighted by atomic mass is 10.2. The van der Waals surface area contributed by atoms with Crippen molar-refractivity contribution in [3.05, 3.63) is 12.1 Å². The van der Waals surface area contributed by atoms with Gasteiger partial charge in [0.2, 0.25) is 5.83 Å². The van der Waals surface area contributed by atoms with E-state index in [9.17, 15) is 22.8 Å². The predicted octanol–water partition coefficient (Wildman–Crippen LogP) is 1.12. The lowest BCUT2D eigenvalue weighted by molar-refractivity contribution is -0.170. The number of halogens is 3. The van der Waals surface area contributed by atoms with Crippen LogP contribution in [0.15, 0.2) is 12.1 Å². The fraction of sp³-hybridized carbons (Fsp3) is 0.429. The molecule has 0 heterocycles. The highest BCUT2D eigenvalue weighted by molar-refractivity contribution is 6.11. The van der Waals surface area contributed by atoms with E-state index in [1.807, 2.05) is 0 Å². The van der Waals surface area contributed by atoms with E-state index >= 15 is 0 Å². The van der Waals surface area contributed by atoms with Crippen molar-refractivity contribution in [2.75, 3.05) is 6.61 Å². The molecule has 0 unspecified atom stereocenters. The summed E-state index contributed by atoms with van der Waals surface area (Å²) in [7, 11) is 0. The van der Waals surface area contributed by atoms with Crippen molar-refractivity contribution in [2.45, 2.75) is 12.8 Å². The zero-order chi connectivity index (χ0) is 11.4. The smallest absolute Gasteiger partial charge is 0.406 e. The van der Waals surface area contributed by atoms with Crippen molar-refractivity contribution in [2.24, 2.45) is 0 Å². The van der Waals surface area contributed by atoms with Crippen molar-refractivity contribution in [1.29, 1.82) is 0 Å². The van der Waals surface area contributed by atoms with Gasteiger partial charge in [-0.15, -0.1) is 0 Å². The average molecular weight is 212 g/mol. The van der Waals surface area contributed by atoms with Crippen molar-refractivity contribution < 1.29 is 32.6 Å². The normalized spacial score (nSPS) is 12.4. The number of Topliss-reactive ketones (excluding diaryl/α,β-unsaturated/α-hetero) is 1. The Balaban J connectivity index is 4.70. The van der Waals surface area contributed by atoms with Crippen molar-refractivity contribution in [3.63, 3.8) is 0 Å². The van der Waals surface area contributed by atoms with Crippen molar-refractivity contribution >= 4 is 11.8 Å². The molecule has 0 atom stereocenters. The Kier molecular flexibility index (Phi) is 4.13. The summed E-state index contributed by atoms with van der Waals surface area (Å²) in [4.78, 5) is 20.3. The van der Waals surface area contributed by atoms with E-state index in [0.717, 1.165) is 0 Å². The lowest BCUT2D eigenvalue weighted by Crippen LogP contribution is -2.38. The minimum absolute atomic E-state index is 0.0284. The second-order valence-electron chi connectivity index (χ2n) is 2.13. The molecule has 0 bridgehead atoms. The summed E-state index contributed by atoms with van der Waals surface area (Å²) in [5.41, 5.74) is 0. The molecule has 14 heavy (non-hydrogen) atoms. The Labute approximate surface area is 77.0 Å². The van der Waals surface area contributed by atoms with E-state index in [-0.39, 0.29) is 12.9 Å². The Morgan fingerprint density at radius 3 is 2.36 bits per heavy atom. The zero-order valence-electron chi connectivity index (χ0n) is 7.09. The van der Waals surface area contributed by atoms with Crippen LogP contribution in [0.2, 0.25) is 0 Å². The number of carbonyl (C=O) groups excluding carboxylic acids is 1. The number of carboxylic acids is 1. The molecule has 0 fully saturated rings. The molecule has 0 rings (SSSR count). The maximum absolute atomic E-state index is 12.5. The highest BCUT2D eigenvalue weighted by atomic mass is 19.3. The largest absolute Gasteiger partial charge is 0.498 e. The molecule has 80 valence electrons. The molecule has 1 N–H and O–H groups in total. The van der Waals surface area contributed by atoms with Gasteiger partial charge in [-0.1, -0.05) is 0 Å². The van der Waals surface area contributed by atoms with Crippen LogP contribution in [-0.2, 0) is 14.3 Å². The minimum Gasteiger partial charge on any atom is -0.498 e. The summed E-state index contributed by atoms with van der Waals surface area (Å²) in [6.45, 7) is 1.41. The quantitative estimate of drug-likeness (QED) is 0.421. The summed E-state index contributed by atoms with van der Waals surface area (Å²) in [6.07, 6.45) is 0.152. The van der Waals surface area contributed by atoms with Crippen LogP contribution < -0.4 is 0 Å². The van der Waals surface area contributed by atoms with E-state index in [0.29, 0.717) is 0 Å². The van der Waals surface area contributed by atoms with Gasteiger partial charge in [0.05, 0.1) is 6.61 Å². The van der Waals surface area contributed by atoms with Crippen LogP contribution in [0.3, 0.4) is 0 Å². The van der Waals surface area contributed by atoms with Gasteiger partial charge in [-0.2, -0.15) is 13.2 Å². The van der Waals surface area contributed by atoms with Crippen LogP contribution in [0.1, 0.15) is 6.92 Å². The third kappa shape index (κ3) is 2.75.